The van der Waals surface area contributed by atoms with E-state index in [1.807, 2.05) is 102 Å². The minimum Gasteiger partial charge on any atom is -0.460 e. The minimum atomic E-state index is -4.17. The topological polar surface area (TPSA) is 327 Å². The Hall–Kier alpha value is -8.69. The maximum Gasteiger partial charge on any atom is 0.476 e. The van der Waals surface area contributed by atoms with Gasteiger partial charge in [-0.3, -0.25) is 33.8 Å². The van der Waals surface area contributed by atoms with Crippen molar-refractivity contribution in [2.45, 2.75) is 185 Å². The second kappa shape index (κ2) is 35.2. The summed E-state index contributed by atoms with van der Waals surface area (Å²) in [6, 6.07) is 20.9. The Morgan fingerprint density at radius 1 is 0.602 bits per heavy atom. The van der Waals surface area contributed by atoms with E-state index in [1.165, 1.54) is 38.6 Å². The molecule has 532 valence electrons. The minimum absolute atomic E-state index is 0. The van der Waals surface area contributed by atoms with E-state index >= 15 is 8.78 Å². The van der Waals surface area contributed by atoms with Crippen molar-refractivity contribution in [2.24, 2.45) is 0 Å². The lowest BCUT2D eigenvalue weighted by molar-refractivity contribution is -0.153. The molecule has 25 nitrogen and oxygen atoms in total. The van der Waals surface area contributed by atoms with Gasteiger partial charge in [-0.15, -0.1) is 0 Å². The van der Waals surface area contributed by atoms with E-state index in [-0.39, 0.29) is 85.9 Å². The van der Waals surface area contributed by atoms with Crippen LogP contribution in [-0.2, 0) is 71.1 Å². The van der Waals surface area contributed by atoms with Gasteiger partial charge in [0.15, 0.2) is 11.6 Å². The highest BCUT2D eigenvalue weighted by atomic mass is 31.2. The van der Waals surface area contributed by atoms with Crippen molar-refractivity contribution in [3.05, 3.63) is 143 Å². The van der Waals surface area contributed by atoms with E-state index in [2.05, 4.69) is 61.1 Å². The number of carbonyl (C=O) groups excluding carboxylic acids is 4. The molecule has 0 radical (unpaired) electrons. The number of ether oxygens (including phenoxy) is 4. The first kappa shape index (κ1) is 80.0. The van der Waals surface area contributed by atoms with E-state index in [0.29, 0.717) is 83.5 Å². The molecular weight excluding hydrogens is 1290 g/mol. The number of benzene rings is 4. The van der Waals surface area contributed by atoms with Gasteiger partial charge < -0.3 is 44.7 Å². The predicted octanol–water partition coefficient (Wildman–Crippen LogP) is 15.3. The van der Waals surface area contributed by atoms with E-state index in [1.54, 1.807) is 53.7 Å². The fourth-order valence-electron chi connectivity index (χ4n) is 9.96. The lowest BCUT2D eigenvalue weighted by Crippen LogP contribution is -2.28. The first-order chi connectivity index (χ1) is 45.2. The number of hydrogen-bond donors (Lipinski definition) is 7. The van der Waals surface area contributed by atoms with Crippen LogP contribution < -0.4 is 21.3 Å². The Balaban J connectivity index is 0.000000300. The van der Waals surface area contributed by atoms with Crippen LogP contribution in [0, 0.1) is 11.6 Å². The third-order valence-corrected chi connectivity index (χ3v) is 15.4. The molecule has 4 aromatic heterocycles. The lowest BCUT2D eigenvalue weighted by Gasteiger charge is -2.28. The smallest absolute Gasteiger partial charge is 0.460 e. The number of carbonyl (C=O) groups is 4. The highest BCUT2D eigenvalue weighted by molar-refractivity contribution is 7.48. The third-order valence-electron chi connectivity index (χ3n) is 13.9. The number of amides is 4. The third kappa shape index (κ3) is 23.2. The first-order valence-electron chi connectivity index (χ1n) is 31.5. The number of phosphoric acid groups is 1. The van der Waals surface area contributed by atoms with Crippen molar-refractivity contribution >= 4 is 65.8 Å². The number of aromatic nitrogens is 8. The van der Waals surface area contributed by atoms with Crippen LogP contribution in [0.5, 0.6) is 0 Å². The number of esters is 2. The van der Waals surface area contributed by atoms with Crippen molar-refractivity contribution in [3.8, 4) is 22.3 Å². The number of nitrogens with zero attached hydrogens (tertiary/aromatic N) is 6. The zero-order valence-electron chi connectivity index (χ0n) is 56.7. The maximum absolute atomic E-state index is 16.4. The summed E-state index contributed by atoms with van der Waals surface area (Å²) in [5.74, 6) is -0.618. The monoisotopic (exact) mass is 1380 g/mol. The molecule has 0 saturated carbocycles. The van der Waals surface area contributed by atoms with Crippen molar-refractivity contribution in [3.63, 3.8) is 0 Å². The average molecular weight is 1380 g/mol. The fourth-order valence-corrected chi connectivity index (χ4v) is 11.4. The Kier molecular flexibility index (Phi) is 28.7. The zero-order chi connectivity index (χ0) is 70.2. The number of halogens is 2. The number of imidazole rings is 2. The molecule has 2 fully saturated rings. The van der Waals surface area contributed by atoms with Crippen molar-refractivity contribution in [1.29, 1.82) is 0 Å². The number of fused-ring (bicyclic) bond motifs is 2. The van der Waals surface area contributed by atoms with Crippen LogP contribution in [-0.4, -0.2) is 106 Å². The van der Waals surface area contributed by atoms with Gasteiger partial charge in [0.25, 0.3) is 0 Å². The standard InChI is InChI=1S/C35H38FN6O6P.C21H25FN6O3.2C6H12O2.2CH4/c1-4-37-34(43)42-33-40-27-18-26(30(36)29(31(27)41-33)28-16-11-17-45-28)25-19-38-32(39-20-25)35(2,3)48-49(44,46-21-23-12-7-5-8-13-23)47-22-24-14-9-6-10-15-24;1-4-23-20(29)28-19-26-13-8-12(11-9-24-18(25-10-11)21(2,3)30)16(22)15(17(13)27-19)14-6-5-7-31-14;2*1-5(7)8-6(2,3)4;;/h5-10,12-15,18-20,28H,4,11,16-17,21-22H2,1-3H3,(H3,37,40,41,42,43);8-10,14,30H,4-7H2,1-3H3,(H3,23,26,27,28,29);2*1-4H3;2*1H4/t28-;14-;;;;/m11..../s1. The summed E-state index contributed by atoms with van der Waals surface area (Å²) in [5, 5.41) is 20.6. The largest absolute Gasteiger partial charge is 0.476 e. The normalized spacial score (nSPS) is 14.6. The highest BCUT2D eigenvalue weighted by Crippen LogP contribution is 2.56. The number of rotatable bonds is 18. The highest BCUT2D eigenvalue weighted by Gasteiger charge is 2.39. The average Bonchev–Trinajstić information content (AvgIpc) is 1.52. The first-order valence-corrected chi connectivity index (χ1v) is 32.9. The molecular formula is C70H95F2N12O13P. The predicted molar refractivity (Wildman–Crippen MR) is 371 cm³/mol. The van der Waals surface area contributed by atoms with Crippen LogP contribution in [0.25, 0.3) is 44.3 Å². The summed E-state index contributed by atoms with van der Waals surface area (Å²) in [6.45, 7) is 25.9. The van der Waals surface area contributed by atoms with Crippen LogP contribution in [0.3, 0.4) is 0 Å². The van der Waals surface area contributed by atoms with Gasteiger partial charge in [-0.05, 0) is 132 Å². The number of aliphatic hydroxyl groups is 1. The zero-order valence-corrected chi connectivity index (χ0v) is 57.6. The Morgan fingerprint density at radius 3 is 1.28 bits per heavy atom. The lowest BCUT2D eigenvalue weighted by atomic mass is 9.98. The van der Waals surface area contributed by atoms with E-state index in [4.69, 9.17) is 32.5 Å². The van der Waals surface area contributed by atoms with Crippen molar-refractivity contribution in [2.75, 3.05) is 36.9 Å². The molecule has 28 heteroatoms. The molecule has 0 aliphatic carbocycles. The summed E-state index contributed by atoms with van der Waals surface area (Å²) in [5.41, 5.74) is 2.22. The second-order valence-electron chi connectivity index (χ2n) is 25.4. The van der Waals surface area contributed by atoms with Gasteiger partial charge in [0, 0.05) is 98.3 Å². The molecule has 7 N–H and O–H groups in total. The number of nitrogens with one attached hydrogen (secondary N) is 6. The summed E-state index contributed by atoms with van der Waals surface area (Å²) in [6.07, 6.45) is 7.89. The van der Waals surface area contributed by atoms with E-state index in [0.717, 1.165) is 24.0 Å². The van der Waals surface area contributed by atoms with Gasteiger partial charge >= 0.3 is 31.8 Å². The summed E-state index contributed by atoms with van der Waals surface area (Å²) in [4.78, 5) is 76.9. The maximum atomic E-state index is 16.4. The van der Waals surface area contributed by atoms with Crippen LogP contribution in [0.15, 0.2) is 97.6 Å². The number of phosphoric ester groups is 1. The van der Waals surface area contributed by atoms with Crippen LogP contribution in [0.4, 0.5) is 30.3 Å². The van der Waals surface area contributed by atoms with E-state index < -0.39 is 54.9 Å². The fraction of sp³-hybridized carbons (Fsp3) is 0.457. The molecule has 0 unspecified atom stereocenters. The molecule has 2 saturated heterocycles. The Labute approximate surface area is 571 Å². The molecule has 2 aliphatic rings. The van der Waals surface area contributed by atoms with Gasteiger partial charge in [0.05, 0.1) is 47.5 Å². The van der Waals surface area contributed by atoms with Gasteiger partial charge in [-0.2, -0.15) is 0 Å². The number of aromatic amines is 2. The molecule has 2 aliphatic heterocycles. The summed E-state index contributed by atoms with van der Waals surface area (Å²) >= 11 is 0. The van der Waals surface area contributed by atoms with Crippen molar-refractivity contribution in [1.82, 2.24) is 50.5 Å². The number of anilines is 2. The Bertz CT molecular complexity index is 3890. The molecule has 6 heterocycles. The molecule has 2 atom stereocenters. The molecule has 4 amide bonds. The SMILES string of the molecule is C.C.CC(=O)OC(C)(C)C.CC(=O)OC(C)(C)C.CCNC(=O)Nc1nc2c([C@H]3CCCO3)c(F)c(-c3cnc(C(C)(C)O)nc3)cc2[nH]1.CCNC(=O)Nc1nc2c([C@H]3CCCO3)c(F)c(-c3cnc(C(C)(C)OP(=O)(OCc4ccccc4)OCc4ccccc4)nc3)cc2[nH]1. The van der Waals surface area contributed by atoms with Crippen LogP contribution in [0.2, 0.25) is 0 Å². The number of H-pyrrole nitrogens is 2. The number of urea groups is 2. The van der Waals surface area contributed by atoms with E-state index in [9.17, 15) is 28.8 Å². The van der Waals surface area contributed by atoms with Gasteiger partial charge in [-0.1, -0.05) is 75.5 Å². The van der Waals surface area contributed by atoms with Gasteiger partial charge in [0.2, 0.25) is 11.9 Å². The molecule has 8 aromatic rings. The summed E-state index contributed by atoms with van der Waals surface area (Å²) in [7, 11) is -4.17. The van der Waals surface area contributed by atoms with Gasteiger partial charge in [0.1, 0.15) is 34.0 Å². The molecule has 0 spiro atoms. The molecule has 10 rings (SSSR count). The Morgan fingerprint density at radius 2 is 0.969 bits per heavy atom. The molecule has 4 aromatic carbocycles. The second-order valence-corrected chi connectivity index (χ2v) is 27.0. The molecule has 0 bridgehead atoms. The van der Waals surface area contributed by atoms with Gasteiger partial charge in [-0.25, -0.2) is 52.8 Å². The number of hydrogen-bond acceptors (Lipinski definition) is 19. The quantitative estimate of drug-likeness (QED) is 0.0310. The van der Waals surface area contributed by atoms with Crippen LogP contribution in [0.1, 0.15) is 184 Å². The molecule has 98 heavy (non-hydrogen) atoms. The van der Waals surface area contributed by atoms with Crippen LogP contribution >= 0.6 is 7.82 Å². The van der Waals surface area contributed by atoms with Crippen molar-refractivity contribution < 1.29 is 70.1 Å². The summed E-state index contributed by atoms with van der Waals surface area (Å²) < 4.78 is 85.0.